The van der Waals surface area contributed by atoms with Gasteiger partial charge < -0.3 is 10.2 Å². The van der Waals surface area contributed by atoms with E-state index in [1.54, 1.807) is 4.68 Å². The quantitative estimate of drug-likeness (QED) is 0.848. The summed E-state index contributed by atoms with van der Waals surface area (Å²) < 4.78 is 1.77. The number of aryl methyl sites for hydroxylation is 1. The average Bonchev–Trinajstić information content (AvgIpc) is 3.04. The van der Waals surface area contributed by atoms with E-state index in [-0.39, 0.29) is 11.9 Å². The number of benzene rings is 1. The number of hydrogen-bond acceptors (Lipinski definition) is 3. The topological polar surface area (TPSA) is 50.2 Å². The van der Waals surface area contributed by atoms with Gasteiger partial charge in [0.1, 0.15) is 5.69 Å². The molecule has 1 aromatic heterocycles. The van der Waals surface area contributed by atoms with Gasteiger partial charge in [-0.15, -0.1) is 0 Å². The summed E-state index contributed by atoms with van der Waals surface area (Å²) in [6.07, 6.45) is 0. The number of carbonyl (C=O) groups is 1. The van der Waals surface area contributed by atoms with Gasteiger partial charge in [0.25, 0.3) is 5.91 Å². The third-order valence-electron chi connectivity index (χ3n) is 4.31. The molecule has 2 aromatic rings. The normalized spacial score (nSPS) is 12.2. The van der Waals surface area contributed by atoms with Crippen molar-refractivity contribution in [2.75, 3.05) is 18.5 Å². The minimum atomic E-state index is -0.0652. The van der Waals surface area contributed by atoms with Crippen LogP contribution in [0.4, 0.5) is 5.69 Å². The molecular formula is C19H28N4O. The number of nitrogens with zero attached hydrogens (tertiary/aromatic N) is 3. The SMILES string of the molecule is CCn1nc(C(C)C)cc1C(=O)NCC(C)N(C)c1ccccc1. The van der Waals surface area contributed by atoms with Crippen molar-refractivity contribution in [3.63, 3.8) is 0 Å². The first-order valence-corrected chi connectivity index (χ1v) is 8.57. The van der Waals surface area contributed by atoms with Gasteiger partial charge in [-0.25, -0.2) is 0 Å². The molecule has 1 amide bonds. The second-order valence-electron chi connectivity index (χ2n) is 6.43. The van der Waals surface area contributed by atoms with Gasteiger partial charge in [0, 0.05) is 31.9 Å². The molecule has 2 rings (SSSR count). The molecule has 1 heterocycles. The number of para-hydroxylation sites is 1. The van der Waals surface area contributed by atoms with Crippen LogP contribution in [0.25, 0.3) is 0 Å². The highest BCUT2D eigenvalue weighted by molar-refractivity contribution is 5.92. The van der Waals surface area contributed by atoms with Crippen molar-refractivity contribution < 1.29 is 4.79 Å². The van der Waals surface area contributed by atoms with Gasteiger partial charge >= 0.3 is 0 Å². The number of carbonyl (C=O) groups excluding carboxylic acids is 1. The van der Waals surface area contributed by atoms with Crippen LogP contribution in [0.15, 0.2) is 36.4 Å². The summed E-state index contributed by atoms with van der Waals surface area (Å²) in [4.78, 5) is 14.7. The summed E-state index contributed by atoms with van der Waals surface area (Å²) in [7, 11) is 2.04. The van der Waals surface area contributed by atoms with E-state index in [2.05, 4.69) is 48.2 Å². The first-order valence-electron chi connectivity index (χ1n) is 8.57. The number of aromatic nitrogens is 2. The van der Waals surface area contributed by atoms with Crippen LogP contribution < -0.4 is 10.2 Å². The Morgan fingerprint density at radius 2 is 1.92 bits per heavy atom. The molecule has 5 heteroatoms. The van der Waals surface area contributed by atoms with Gasteiger partial charge in [-0.05, 0) is 38.0 Å². The molecule has 0 saturated heterocycles. The highest BCUT2D eigenvalue weighted by Gasteiger charge is 2.17. The Morgan fingerprint density at radius 1 is 1.25 bits per heavy atom. The molecule has 130 valence electrons. The minimum absolute atomic E-state index is 0.0652. The molecule has 0 aliphatic carbocycles. The van der Waals surface area contributed by atoms with Crippen molar-refractivity contribution in [3.8, 4) is 0 Å². The summed E-state index contributed by atoms with van der Waals surface area (Å²) in [6.45, 7) is 9.54. The fourth-order valence-electron chi connectivity index (χ4n) is 2.53. The molecule has 0 aliphatic heterocycles. The van der Waals surface area contributed by atoms with Gasteiger partial charge in [-0.2, -0.15) is 5.10 Å². The zero-order chi connectivity index (χ0) is 17.7. The number of nitrogens with one attached hydrogen (secondary N) is 1. The van der Waals surface area contributed by atoms with Crippen molar-refractivity contribution in [3.05, 3.63) is 47.8 Å². The summed E-state index contributed by atoms with van der Waals surface area (Å²) in [5.74, 6) is 0.247. The molecule has 1 unspecified atom stereocenters. The Morgan fingerprint density at radius 3 is 2.50 bits per heavy atom. The predicted octanol–water partition coefficient (Wildman–Crippen LogP) is 3.28. The van der Waals surface area contributed by atoms with Crippen LogP contribution in [0.1, 0.15) is 49.8 Å². The van der Waals surface area contributed by atoms with Crippen molar-refractivity contribution >= 4 is 11.6 Å². The number of amides is 1. The zero-order valence-corrected chi connectivity index (χ0v) is 15.3. The van der Waals surface area contributed by atoms with Gasteiger partial charge in [0.15, 0.2) is 0 Å². The largest absolute Gasteiger partial charge is 0.370 e. The lowest BCUT2D eigenvalue weighted by Gasteiger charge is -2.27. The molecule has 0 aliphatic rings. The second kappa shape index (κ2) is 7.99. The Hall–Kier alpha value is -2.30. The Kier molecular flexibility index (Phi) is 6.01. The van der Waals surface area contributed by atoms with Crippen molar-refractivity contribution in [1.82, 2.24) is 15.1 Å². The zero-order valence-electron chi connectivity index (χ0n) is 15.3. The van der Waals surface area contributed by atoms with E-state index < -0.39 is 0 Å². The van der Waals surface area contributed by atoms with Crippen molar-refractivity contribution in [2.45, 2.75) is 46.2 Å². The van der Waals surface area contributed by atoms with E-state index in [4.69, 9.17) is 0 Å². The fourth-order valence-corrected chi connectivity index (χ4v) is 2.53. The molecular weight excluding hydrogens is 300 g/mol. The van der Waals surface area contributed by atoms with Crippen LogP contribution in [-0.4, -0.2) is 35.3 Å². The van der Waals surface area contributed by atoms with Crippen molar-refractivity contribution in [2.24, 2.45) is 0 Å². The molecule has 0 spiro atoms. The standard InChI is InChI=1S/C19H28N4O/c1-6-23-18(12-17(21-23)14(2)3)19(24)20-13-15(4)22(5)16-10-8-7-9-11-16/h7-12,14-15H,6,13H2,1-5H3,(H,20,24). The molecule has 1 N–H and O–H groups in total. The molecule has 1 atom stereocenters. The smallest absolute Gasteiger partial charge is 0.269 e. The molecule has 0 fully saturated rings. The second-order valence-corrected chi connectivity index (χ2v) is 6.43. The van der Waals surface area contributed by atoms with Crippen molar-refractivity contribution in [1.29, 1.82) is 0 Å². The van der Waals surface area contributed by atoms with E-state index in [0.29, 0.717) is 24.7 Å². The number of likely N-dealkylation sites (N-methyl/N-ethyl adjacent to an activating group) is 1. The Bertz CT molecular complexity index is 663. The highest BCUT2D eigenvalue weighted by Crippen LogP contribution is 2.15. The third kappa shape index (κ3) is 4.16. The highest BCUT2D eigenvalue weighted by atomic mass is 16.2. The first-order chi connectivity index (χ1) is 11.4. The van der Waals surface area contributed by atoms with E-state index >= 15 is 0 Å². The lowest BCUT2D eigenvalue weighted by Crippen LogP contribution is -2.40. The van der Waals surface area contributed by atoms with Crippen LogP contribution in [0.2, 0.25) is 0 Å². The average molecular weight is 328 g/mol. The van der Waals surface area contributed by atoms with Crippen LogP contribution in [0.3, 0.4) is 0 Å². The number of rotatable bonds is 7. The lowest BCUT2D eigenvalue weighted by molar-refractivity contribution is 0.0941. The first kappa shape index (κ1) is 18.0. The molecule has 0 radical (unpaired) electrons. The van der Waals surface area contributed by atoms with Crippen LogP contribution >= 0.6 is 0 Å². The molecule has 24 heavy (non-hydrogen) atoms. The fraction of sp³-hybridized carbons (Fsp3) is 0.474. The summed E-state index contributed by atoms with van der Waals surface area (Å²) in [6, 6.07) is 12.3. The molecule has 0 saturated carbocycles. The maximum absolute atomic E-state index is 12.5. The molecule has 5 nitrogen and oxygen atoms in total. The Labute approximate surface area is 144 Å². The molecule has 0 bridgehead atoms. The minimum Gasteiger partial charge on any atom is -0.370 e. The van der Waals surface area contributed by atoms with E-state index in [1.807, 2.05) is 38.2 Å². The van der Waals surface area contributed by atoms with E-state index in [0.717, 1.165) is 11.4 Å². The summed E-state index contributed by atoms with van der Waals surface area (Å²) in [5.41, 5.74) is 2.73. The van der Waals surface area contributed by atoms with Crippen LogP contribution in [-0.2, 0) is 6.54 Å². The third-order valence-corrected chi connectivity index (χ3v) is 4.31. The van der Waals surface area contributed by atoms with E-state index in [9.17, 15) is 4.79 Å². The summed E-state index contributed by atoms with van der Waals surface area (Å²) >= 11 is 0. The molecule has 1 aromatic carbocycles. The predicted molar refractivity (Wildman–Crippen MR) is 98.6 cm³/mol. The maximum atomic E-state index is 12.5. The van der Waals surface area contributed by atoms with E-state index in [1.165, 1.54) is 0 Å². The van der Waals surface area contributed by atoms with Gasteiger partial charge in [0.05, 0.1) is 5.69 Å². The Balaban J connectivity index is 2.00. The van der Waals surface area contributed by atoms with Gasteiger partial charge in [0.2, 0.25) is 0 Å². The number of anilines is 1. The van der Waals surface area contributed by atoms with Crippen LogP contribution in [0.5, 0.6) is 0 Å². The van der Waals surface area contributed by atoms with Crippen LogP contribution in [0, 0.1) is 0 Å². The number of hydrogen-bond donors (Lipinski definition) is 1. The maximum Gasteiger partial charge on any atom is 0.269 e. The lowest BCUT2D eigenvalue weighted by atomic mass is 10.1. The van der Waals surface area contributed by atoms with Gasteiger partial charge in [-0.1, -0.05) is 32.0 Å². The summed E-state index contributed by atoms with van der Waals surface area (Å²) in [5, 5.41) is 7.54. The monoisotopic (exact) mass is 328 g/mol. The van der Waals surface area contributed by atoms with Gasteiger partial charge in [-0.3, -0.25) is 9.48 Å².